The van der Waals surface area contributed by atoms with E-state index >= 15 is 0 Å². The van der Waals surface area contributed by atoms with Crippen LogP contribution in [0.2, 0.25) is 0 Å². The van der Waals surface area contributed by atoms with Gasteiger partial charge in [0.2, 0.25) is 5.91 Å². The average molecular weight is 331 g/mol. The summed E-state index contributed by atoms with van der Waals surface area (Å²) in [5, 5.41) is 3.18. The first kappa shape index (κ1) is 17.4. The maximum absolute atomic E-state index is 12.3. The van der Waals surface area contributed by atoms with Crippen LogP contribution < -0.4 is 11.1 Å². The van der Waals surface area contributed by atoms with Gasteiger partial charge in [-0.25, -0.2) is 0 Å². The first-order valence-corrected chi connectivity index (χ1v) is 7.85. The summed E-state index contributed by atoms with van der Waals surface area (Å²) >= 11 is 0. The van der Waals surface area contributed by atoms with Gasteiger partial charge in [0.1, 0.15) is 0 Å². The van der Waals surface area contributed by atoms with Crippen molar-refractivity contribution in [2.24, 2.45) is 0 Å². The second-order valence-electron chi connectivity index (χ2n) is 6.13. The molecule has 0 spiro atoms. The van der Waals surface area contributed by atoms with Crippen LogP contribution in [0.5, 0.6) is 0 Å². The van der Waals surface area contributed by atoms with Gasteiger partial charge in [0.15, 0.2) is 0 Å². The second kappa shape index (κ2) is 7.51. The van der Waals surface area contributed by atoms with E-state index in [1.165, 1.54) is 16.7 Å². The van der Waals surface area contributed by atoms with E-state index in [2.05, 4.69) is 18.3 Å². The molecular weight excluding hydrogens is 308 g/mol. The van der Waals surface area contributed by atoms with E-state index in [1.54, 1.807) is 0 Å². The largest absolute Gasteiger partial charge is 0.399 e. The second-order valence-corrected chi connectivity index (χ2v) is 6.13. The number of nitrogens with two attached hydrogens (primary N) is 1. The Bertz CT molecular complexity index is 682. The zero-order valence-corrected chi connectivity index (χ0v) is 14.2. The number of nitrogens with one attached hydrogen (secondary N) is 1. The molecule has 1 aliphatic rings. The van der Waals surface area contributed by atoms with Gasteiger partial charge in [-0.05, 0) is 55.0 Å². The Morgan fingerprint density at radius 2 is 1.96 bits per heavy atom. The van der Waals surface area contributed by atoms with Gasteiger partial charge in [0, 0.05) is 5.69 Å². The molecule has 0 fully saturated rings. The summed E-state index contributed by atoms with van der Waals surface area (Å²) < 4.78 is 0. The van der Waals surface area contributed by atoms with E-state index in [-0.39, 0.29) is 24.4 Å². The molecule has 2 aromatic rings. The smallest absolute Gasteiger partial charge is 0.224 e. The highest BCUT2D eigenvalue weighted by atomic mass is 35.5. The molecule has 4 heteroatoms. The molecule has 3 nitrogen and oxygen atoms in total. The van der Waals surface area contributed by atoms with Crippen molar-refractivity contribution in [3.8, 4) is 0 Å². The molecule has 1 amide bonds. The summed E-state index contributed by atoms with van der Waals surface area (Å²) in [5.41, 5.74) is 11.4. The van der Waals surface area contributed by atoms with E-state index in [0.29, 0.717) is 6.42 Å². The fraction of sp³-hybridized carbons (Fsp3) is 0.316. The Morgan fingerprint density at radius 3 is 2.70 bits per heavy atom. The van der Waals surface area contributed by atoms with E-state index in [1.807, 2.05) is 36.4 Å². The minimum absolute atomic E-state index is 0. The van der Waals surface area contributed by atoms with E-state index in [4.69, 9.17) is 5.73 Å². The molecule has 0 aliphatic heterocycles. The Morgan fingerprint density at radius 1 is 1.22 bits per heavy atom. The lowest BCUT2D eigenvalue weighted by Crippen LogP contribution is -2.32. The van der Waals surface area contributed by atoms with Crippen LogP contribution in [-0.4, -0.2) is 5.91 Å². The summed E-state index contributed by atoms with van der Waals surface area (Å²) in [6, 6.07) is 14.2. The number of halogens is 1. The molecular formula is C19H23ClN2O. The molecule has 0 saturated heterocycles. The zero-order valence-electron chi connectivity index (χ0n) is 13.3. The Balaban J connectivity index is 0.00000192. The van der Waals surface area contributed by atoms with Crippen molar-refractivity contribution in [3.63, 3.8) is 0 Å². The zero-order chi connectivity index (χ0) is 15.5. The highest BCUT2D eigenvalue weighted by Gasteiger charge is 2.21. The third-order valence-electron chi connectivity index (χ3n) is 4.30. The van der Waals surface area contributed by atoms with Crippen LogP contribution in [0.15, 0.2) is 42.5 Å². The molecule has 3 N–H and O–H groups in total. The summed E-state index contributed by atoms with van der Waals surface area (Å²) in [6.07, 6.45) is 3.56. The maximum Gasteiger partial charge on any atom is 0.224 e. The summed E-state index contributed by atoms with van der Waals surface area (Å²) in [7, 11) is 0. The number of rotatable bonds is 3. The molecule has 3 rings (SSSR count). The molecule has 23 heavy (non-hydrogen) atoms. The number of benzene rings is 2. The van der Waals surface area contributed by atoms with Gasteiger partial charge in [0.25, 0.3) is 0 Å². The number of carbonyl (C=O) groups excluding carboxylic acids is 1. The van der Waals surface area contributed by atoms with Gasteiger partial charge >= 0.3 is 0 Å². The van der Waals surface area contributed by atoms with Crippen molar-refractivity contribution in [1.82, 2.24) is 5.32 Å². The molecule has 0 heterocycles. The van der Waals surface area contributed by atoms with Crippen LogP contribution in [-0.2, 0) is 17.6 Å². The van der Waals surface area contributed by atoms with Gasteiger partial charge in [-0.2, -0.15) is 0 Å². The lowest BCUT2D eigenvalue weighted by Gasteiger charge is -2.26. The number of carbonyl (C=O) groups is 1. The first-order valence-electron chi connectivity index (χ1n) is 7.85. The third kappa shape index (κ3) is 4.26. The molecule has 0 aromatic heterocycles. The molecule has 122 valence electrons. The third-order valence-corrected chi connectivity index (χ3v) is 4.30. The normalized spacial score (nSPS) is 16.1. The van der Waals surface area contributed by atoms with Gasteiger partial charge < -0.3 is 11.1 Å². The standard InChI is InChI=1S/C19H22N2O.ClH/c1-13-5-7-14(8-6-13)11-19(22)21-18-4-2-3-15-12-16(20)9-10-17(15)18;/h5-10,12,18H,2-4,11,20H2,1H3,(H,21,22);1H. The average Bonchev–Trinajstić information content (AvgIpc) is 2.49. The van der Waals surface area contributed by atoms with E-state index in [9.17, 15) is 4.79 Å². The lowest BCUT2D eigenvalue weighted by atomic mass is 9.87. The number of nitrogen functional groups attached to an aromatic ring is 1. The van der Waals surface area contributed by atoms with Crippen molar-refractivity contribution in [2.75, 3.05) is 5.73 Å². The van der Waals surface area contributed by atoms with E-state index < -0.39 is 0 Å². The monoisotopic (exact) mass is 330 g/mol. The van der Waals surface area contributed by atoms with Crippen molar-refractivity contribution < 1.29 is 4.79 Å². The SMILES string of the molecule is Cc1ccc(CC(=O)NC2CCCc3cc(N)ccc32)cc1.Cl. The molecule has 2 aromatic carbocycles. The van der Waals surface area contributed by atoms with Gasteiger partial charge in [-0.1, -0.05) is 35.9 Å². The van der Waals surface area contributed by atoms with Gasteiger partial charge in [-0.15, -0.1) is 12.4 Å². The van der Waals surface area contributed by atoms with Crippen LogP contribution >= 0.6 is 12.4 Å². The number of aryl methyl sites for hydroxylation is 2. The molecule has 0 radical (unpaired) electrons. The molecule has 0 saturated carbocycles. The van der Waals surface area contributed by atoms with Crippen molar-refractivity contribution in [1.29, 1.82) is 0 Å². The minimum atomic E-state index is 0. The Labute approximate surface area is 143 Å². The predicted molar refractivity (Wildman–Crippen MR) is 96.8 cm³/mol. The van der Waals surface area contributed by atoms with Crippen molar-refractivity contribution in [3.05, 3.63) is 64.7 Å². The minimum Gasteiger partial charge on any atom is -0.399 e. The quantitative estimate of drug-likeness (QED) is 0.842. The Kier molecular flexibility index (Phi) is 5.67. The van der Waals surface area contributed by atoms with Crippen LogP contribution in [0, 0.1) is 6.92 Å². The Hall–Kier alpha value is -2.00. The van der Waals surface area contributed by atoms with Crippen LogP contribution in [0.3, 0.4) is 0 Å². The fourth-order valence-electron chi connectivity index (χ4n) is 3.12. The molecule has 1 aliphatic carbocycles. The van der Waals surface area contributed by atoms with Crippen LogP contribution in [0.4, 0.5) is 5.69 Å². The number of hydrogen-bond acceptors (Lipinski definition) is 2. The van der Waals surface area contributed by atoms with Crippen molar-refractivity contribution >= 4 is 24.0 Å². The van der Waals surface area contributed by atoms with Gasteiger partial charge in [0.05, 0.1) is 12.5 Å². The lowest BCUT2D eigenvalue weighted by molar-refractivity contribution is -0.121. The van der Waals surface area contributed by atoms with Crippen molar-refractivity contribution in [2.45, 2.75) is 38.6 Å². The molecule has 1 unspecified atom stereocenters. The molecule has 0 bridgehead atoms. The van der Waals surface area contributed by atoms with E-state index in [0.717, 1.165) is 30.5 Å². The maximum atomic E-state index is 12.3. The predicted octanol–water partition coefficient (Wildman–Crippen LogP) is 3.74. The summed E-state index contributed by atoms with van der Waals surface area (Å²) in [4.78, 5) is 12.3. The summed E-state index contributed by atoms with van der Waals surface area (Å²) in [6.45, 7) is 2.05. The first-order chi connectivity index (χ1) is 10.6. The number of amides is 1. The number of hydrogen-bond donors (Lipinski definition) is 2. The highest BCUT2D eigenvalue weighted by molar-refractivity contribution is 5.85. The highest BCUT2D eigenvalue weighted by Crippen LogP contribution is 2.31. The topological polar surface area (TPSA) is 55.1 Å². The van der Waals surface area contributed by atoms with Crippen LogP contribution in [0.25, 0.3) is 0 Å². The fourth-order valence-corrected chi connectivity index (χ4v) is 3.12. The molecule has 1 atom stereocenters. The number of fused-ring (bicyclic) bond motifs is 1. The number of anilines is 1. The summed E-state index contributed by atoms with van der Waals surface area (Å²) in [5.74, 6) is 0.0820. The van der Waals surface area contributed by atoms with Gasteiger partial charge in [-0.3, -0.25) is 4.79 Å². The van der Waals surface area contributed by atoms with Crippen LogP contribution in [0.1, 0.15) is 41.1 Å².